The molecule has 1 heterocycles. The first kappa shape index (κ1) is 21.2. The minimum Gasteiger partial charge on any atom is -0.366 e. The van der Waals surface area contributed by atoms with E-state index in [0.717, 1.165) is 11.4 Å². The van der Waals surface area contributed by atoms with Gasteiger partial charge in [-0.1, -0.05) is 41.4 Å². The van der Waals surface area contributed by atoms with Crippen LogP contribution in [-0.2, 0) is 0 Å². The van der Waals surface area contributed by atoms with Gasteiger partial charge >= 0.3 is 0 Å². The highest BCUT2D eigenvalue weighted by atomic mass is 35.5. The molecule has 0 atom stereocenters. The van der Waals surface area contributed by atoms with Crippen LogP contribution in [-0.4, -0.2) is 42.9 Å². The number of nitrogens with zero attached hydrogens (tertiary/aromatic N) is 2. The van der Waals surface area contributed by atoms with Crippen LogP contribution in [0.3, 0.4) is 0 Å². The molecule has 3 aromatic carbocycles. The van der Waals surface area contributed by atoms with Gasteiger partial charge in [0, 0.05) is 47.4 Å². The van der Waals surface area contributed by atoms with Crippen LogP contribution in [0.25, 0.3) is 0 Å². The van der Waals surface area contributed by atoms with Crippen LogP contribution in [0.1, 0.15) is 20.7 Å². The van der Waals surface area contributed by atoms with Gasteiger partial charge in [0.2, 0.25) is 0 Å². The summed E-state index contributed by atoms with van der Waals surface area (Å²) in [7, 11) is 0. The lowest BCUT2D eigenvalue weighted by Crippen LogP contribution is -2.49. The lowest BCUT2D eigenvalue weighted by atomic mass is 10.1. The summed E-state index contributed by atoms with van der Waals surface area (Å²) in [6, 6.07) is 21.5. The number of para-hydroxylation sites is 2. The SMILES string of the molecule is O=C(Nc1ccccc1N1CCN(C(=O)c2ccc(Cl)cc2)CC1)c1cccc(Cl)c1. The highest BCUT2D eigenvalue weighted by Crippen LogP contribution is 2.27. The van der Waals surface area contributed by atoms with E-state index in [4.69, 9.17) is 23.2 Å². The van der Waals surface area contributed by atoms with Crippen molar-refractivity contribution in [3.63, 3.8) is 0 Å². The van der Waals surface area contributed by atoms with Crippen molar-refractivity contribution in [1.82, 2.24) is 4.90 Å². The van der Waals surface area contributed by atoms with E-state index in [2.05, 4.69) is 10.2 Å². The van der Waals surface area contributed by atoms with E-state index in [1.807, 2.05) is 29.2 Å². The first-order valence-electron chi connectivity index (χ1n) is 9.97. The highest BCUT2D eigenvalue weighted by Gasteiger charge is 2.24. The number of nitrogens with one attached hydrogen (secondary N) is 1. The van der Waals surface area contributed by atoms with Crippen LogP contribution in [0.2, 0.25) is 10.0 Å². The maximum absolute atomic E-state index is 12.7. The van der Waals surface area contributed by atoms with Gasteiger partial charge in [-0.05, 0) is 54.6 Å². The summed E-state index contributed by atoms with van der Waals surface area (Å²) in [5.41, 5.74) is 2.79. The largest absolute Gasteiger partial charge is 0.366 e. The lowest BCUT2D eigenvalue weighted by Gasteiger charge is -2.37. The van der Waals surface area contributed by atoms with Crippen LogP contribution in [0.4, 0.5) is 11.4 Å². The third-order valence-corrected chi connectivity index (χ3v) is 5.72. The second kappa shape index (κ2) is 9.41. The van der Waals surface area contributed by atoms with Crippen molar-refractivity contribution < 1.29 is 9.59 Å². The third-order valence-electron chi connectivity index (χ3n) is 5.24. The Labute approximate surface area is 191 Å². The molecule has 3 aromatic rings. The minimum absolute atomic E-state index is 0.00105. The molecular weight excluding hydrogens is 433 g/mol. The predicted molar refractivity (Wildman–Crippen MR) is 125 cm³/mol. The molecule has 31 heavy (non-hydrogen) atoms. The van der Waals surface area contributed by atoms with Crippen LogP contribution < -0.4 is 10.2 Å². The lowest BCUT2D eigenvalue weighted by molar-refractivity contribution is 0.0746. The number of rotatable bonds is 4. The van der Waals surface area contributed by atoms with Crippen molar-refractivity contribution in [2.45, 2.75) is 0 Å². The Morgan fingerprint density at radius 3 is 2.16 bits per heavy atom. The molecule has 0 aliphatic carbocycles. The topological polar surface area (TPSA) is 52.7 Å². The van der Waals surface area contributed by atoms with Gasteiger partial charge in [0.05, 0.1) is 11.4 Å². The van der Waals surface area contributed by atoms with Gasteiger partial charge < -0.3 is 15.1 Å². The fourth-order valence-electron chi connectivity index (χ4n) is 3.60. The number of carbonyl (C=O) groups excluding carboxylic acids is 2. The van der Waals surface area contributed by atoms with Crippen molar-refractivity contribution in [2.75, 3.05) is 36.4 Å². The molecule has 0 aromatic heterocycles. The zero-order valence-electron chi connectivity index (χ0n) is 16.7. The molecule has 0 radical (unpaired) electrons. The Morgan fingerprint density at radius 2 is 1.45 bits per heavy atom. The Kier molecular flexibility index (Phi) is 6.44. The van der Waals surface area contributed by atoms with Crippen LogP contribution in [0, 0.1) is 0 Å². The van der Waals surface area contributed by atoms with Crippen molar-refractivity contribution in [1.29, 1.82) is 0 Å². The van der Waals surface area contributed by atoms with E-state index in [0.29, 0.717) is 47.4 Å². The summed E-state index contributed by atoms with van der Waals surface area (Å²) < 4.78 is 0. The Balaban J connectivity index is 1.44. The number of halogens is 2. The molecule has 0 bridgehead atoms. The molecule has 1 fully saturated rings. The molecule has 4 rings (SSSR count). The molecule has 0 saturated carbocycles. The van der Waals surface area contributed by atoms with Gasteiger partial charge in [0.25, 0.3) is 11.8 Å². The molecule has 1 aliphatic rings. The summed E-state index contributed by atoms with van der Waals surface area (Å²) in [6.45, 7) is 2.53. The number of piperazine rings is 1. The number of hydrogen-bond acceptors (Lipinski definition) is 3. The number of carbonyl (C=O) groups is 2. The Morgan fingerprint density at radius 1 is 0.742 bits per heavy atom. The summed E-state index contributed by atoms with van der Waals surface area (Å²) in [5, 5.41) is 4.11. The first-order chi connectivity index (χ1) is 15.0. The molecule has 1 N–H and O–H groups in total. The number of hydrogen-bond donors (Lipinski definition) is 1. The molecule has 1 aliphatic heterocycles. The second-order valence-electron chi connectivity index (χ2n) is 7.27. The van der Waals surface area contributed by atoms with Gasteiger partial charge in [0.1, 0.15) is 0 Å². The average molecular weight is 454 g/mol. The molecule has 158 valence electrons. The van der Waals surface area contributed by atoms with Crippen molar-refractivity contribution >= 4 is 46.4 Å². The van der Waals surface area contributed by atoms with Crippen LogP contribution in [0.5, 0.6) is 0 Å². The van der Waals surface area contributed by atoms with Crippen molar-refractivity contribution in [2.24, 2.45) is 0 Å². The normalized spacial score (nSPS) is 13.7. The fraction of sp³-hybridized carbons (Fsp3) is 0.167. The number of benzene rings is 3. The van der Waals surface area contributed by atoms with Crippen LogP contribution in [0.15, 0.2) is 72.8 Å². The maximum atomic E-state index is 12.7. The molecule has 1 saturated heterocycles. The molecular formula is C24H21Cl2N3O2. The van der Waals surface area contributed by atoms with Gasteiger partial charge in [-0.25, -0.2) is 0 Å². The Hall–Kier alpha value is -3.02. The smallest absolute Gasteiger partial charge is 0.255 e. The summed E-state index contributed by atoms with van der Waals surface area (Å²) in [5.74, 6) is -0.217. The van der Waals surface area contributed by atoms with Gasteiger partial charge in [-0.2, -0.15) is 0 Å². The third kappa shape index (κ3) is 5.01. The fourth-order valence-corrected chi connectivity index (χ4v) is 3.92. The predicted octanol–water partition coefficient (Wildman–Crippen LogP) is 5.21. The van der Waals surface area contributed by atoms with Crippen molar-refractivity contribution in [3.05, 3.63) is 94.0 Å². The monoisotopic (exact) mass is 453 g/mol. The van der Waals surface area contributed by atoms with E-state index in [1.54, 1.807) is 48.5 Å². The zero-order valence-corrected chi connectivity index (χ0v) is 18.2. The Bertz CT molecular complexity index is 1090. The molecule has 0 unspecified atom stereocenters. The second-order valence-corrected chi connectivity index (χ2v) is 8.14. The highest BCUT2D eigenvalue weighted by molar-refractivity contribution is 6.31. The maximum Gasteiger partial charge on any atom is 0.255 e. The molecule has 7 heteroatoms. The average Bonchev–Trinajstić information content (AvgIpc) is 2.80. The van der Waals surface area contributed by atoms with Crippen LogP contribution >= 0.6 is 23.2 Å². The quantitative estimate of drug-likeness (QED) is 0.589. The van der Waals surface area contributed by atoms with E-state index >= 15 is 0 Å². The summed E-state index contributed by atoms with van der Waals surface area (Å²) in [4.78, 5) is 29.4. The van der Waals surface area contributed by atoms with E-state index in [1.165, 1.54) is 0 Å². The van der Waals surface area contributed by atoms with Gasteiger partial charge in [-0.15, -0.1) is 0 Å². The molecule has 2 amide bonds. The number of anilines is 2. The zero-order chi connectivity index (χ0) is 21.8. The molecule has 0 spiro atoms. The first-order valence-corrected chi connectivity index (χ1v) is 10.7. The van der Waals surface area contributed by atoms with E-state index in [-0.39, 0.29) is 11.8 Å². The van der Waals surface area contributed by atoms with E-state index < -0.39 is 0 Å². The summed E-state index contributed by atoms with van der Waals surface area (Å²) in [6.07, 6.45) is 0. The van der Waals surface area contributed by atoms with E-state index in [9.17, 15) is 9.59 Å². The molecule has 5 nitrogen and oxygen atoms in total. The van der Waals surface area contributed by atoms with Gasteiger partial charge in [0.15, 0.2) is 0 Å². The van der Waals surface area contributed by atoms with Crippen molar-refractivity contribution in [3.8, 4) is 0 Å². The number of amides is 2. The standard InChI is InChI=1S/C24H21Cl2N3O2/c25-19-10-8-17(9-11-19)24(31)29-14-12-28(13-15-29)22-7-2-1-6-21(22)27-23(30)18-4-3-5-20(26)16-18/h1-11,16H,12-15H2,(H,27,30). The minimum atomic E-state index is -0.216. The summed E-state index contributed by atoms with van der Waals surface area (Å²) >= 11 is 11.9. The van der Waals surface area contributed by atoms with Gasteiger partial charge in [-0.3, -0.25) is 9.59 Å².